The Hall–Kier alpha value is 0.230. The van der Waals surface area contributed by atoms with Gasteiger partial charge in [-0.15, -0.1) is 0 Å². The third-order valence-electron chi connectivity index (χ3n) is 4.27. The molecule has 3 unspecified atom stereocenters. The quantitative estimate of drug-likeness (QED) is 0.834. The number of nitrogens with two attached hydrogens (primary N) is 1. The van der Waals surface area contributed by atoms with Crippen molar-refractivity contribution in [2.24, 2.45) is 11.1 Å². The zero-order valence-corrected chi connectivity index (χ0v) is 13.1. The molecule has 2 aliphatic rings. The van der Waals surface area contributed by atoms with Crippen LogP contribution < -0.4 is 5.73 Å². The number of hydrogen-bond acceptors (Lipinski definition) is 4. The maximum absolute atomic E-state index is 6.20. The molecule has 4 heteroatoms. The fourth-order valence-corrected chi connectivity index (χ4v) is 5.03. The van der Waals surface area contributed by atoms with Crippen LogP contribution in [0, 0.1) is 5.41 Å². The lowest BCUT2D eigenvalue weighted by Gasteiger charge is -2.54. The molecule has 2 fully saturated rings. The molecule has 0 spiro atoms. The third kappa shape index (κ3) is 2.87. The molecule has 106 valence electrons. The third-order valence-corrected chi connectivity index (χ3v) is 6.00. The lowest BCUT2D eigenvalue weighted by Crippen LogP contribution is -2.66. The van der Waals surface area contributed by atoms with E-state index in [4.69, 9.17) is 10.5 Å². The summed E-state index contributed by atoms with van der Waals surface area (Å²) >= 11 is 2.07. The van der Waals surface area contributed by atoms with Crippen molar-refractivity contribution in [2.75, 3.05) is 31.2 Å². The topological polar surface area (TPSA) is 38.5 Å². The van der Waals surface area contributed by atoms with Gasteiger partial charge in [0, 0.05) is 30.4 Å². The molecule has 0 aromatic heterocycles. The second kappa shape index (κ2) is 5.31. The van der Waals surface area contributed by atoms with Gasteiger partial charge in [0.2, 0.25) is 0 Å². The Balaban J connectivity index is 2.20. The SMILES string of the molecule is CC1CN(C2(CN)CSCC(C)(C)C2)C(C)CO1. The summed E-state index contributed by atoms with van der Waals surface area (Å²) in [5, 5.41) is 0. The maximum Gasteiger partial charge on any atom is 0.0675 e. The molecule has 2 N–H and O–H groups in total. The molecule has 0 aromatic carbocycles. The molecule has 0 aromatic rings. The van der Waals surface area contributed by atoms with Crippen molar-refractivity contribution in [1.82, 2.24) is 4.90 Å². The van der Waals surface area contributed by atoms with Crippen LogP contribution in [-0.4, -0.2) is 53.8 Å². The zero-order chi connectivity index (χ0) is 13.4. The summed E-state index contributed by atoms with van der Waals surface area (Å²) in [5.41, 5.74) is 6.76. The van der Waals surface area contributed by atoms with E-state index < -0.39 is 0 Å². The van der Waals surface area contributed by atoms with Crippen molar-refractivity contribution in [3.05, 3.63) is 0 Å². The van der Waals surface area contributed by atoms with Gasteiger partial charge in [-0.1, -0.05) is 13.8 Å². The van der Waals surface area contributed by atoms with E-state index in [1.807, 2.05) is 0 Å². The number of hydrogen-bond donors (Lipinski definition) is 1. The lowest BCUT2D eigenvalue weighted by atomic mass is 9.78. The predicted octanol–water partition coefficient (Wildman–Crippen LogP) is 1.96. The summed E-state index contributed by atoms with van der Waals surface area (Å²) in [6, 6.07) is 0.485. The van der Waals surface area contributed by atoms with Crippen molar-refractivity contribution in [1.29, 1.82) is 0 Å². The predicted molar refractivity (Wildman–Crippen MR) is 79.1 cm³/mol. The highest BCUT2D eigenvalue weighted by Gasteiger charge is 2.46. The molecule has 0 amide bonds. The zero-order valence-electron chi connectivity index (χ0n) is 12.2. The van der Waals surface area contributed by atoms with Crippen LogP contribution >= 0.6 is 11.8 Å². The summed E-state index contributed by atoms with van der Waals surface area (Å²) in [7, 11) is 0. The molecule has 2 heterocycles. The van der Waals surface area contributed by atoms with Gasteiger partial charge >= 0.3 is 0 Å². The van der Waals surface area contributed by atoms with Gasteiger partial charge in [-0.05, 0) is 31.4 Å². The number of rotatable bonds is 2. The minimum Gasteiger partial charge on any atom is -0.376 e. The van der Waals surface area contributed by atoms with Crippen LogP contribution in [0.2, 0.25) is 0 Å². The number of ether oxygens (including phenoxy) is 1. The van der Waals surface area contributed by atoms with Crippen molar-refractivity contribution in [3.63, 3.8) is 0 Å². The van der Waals surface area contributed by atoms with Gasteiger partial charge in [-0.25, -0.2) is 0 Å². The number of morpholine rings is 1. The summed E-state index contributed by atoms with van der Waals surface area (Å²) in [5.74, 6) is 2.42. The molecule has 0 aliphatic carbocycles. The van der Waals surface area contributed by atoms with Gasteiger partial charge in [0.15, 0.2) is 0 Å². The Kier molecular flexibility index (Phi) is 4.32. The summed E-state index contributed by atoms with van der Waals surface area (Å²) in [4.78, 5) is 2.63. The average Bonchev–Trinajstić information content (AvgIpc) is 2.31. The number of thioether (sulfide) groups is 1. The lowest BCUT2D eigenvalue weighted by molar-refractivity contribution is -0.0957. The minimum absolute atomic E-state index is 0.171. The van der Waals surface area contributed by atoms with Gasteiger partial charge in [-0.3, -0.25) is 4.90 Å². The fraction of sp³-hybridized carbons (Fsp3) is 1.00. The first-order valence-electron chi connectivity index (χ1n) is 7.05. The molecule has 0 saturated carbocycles. The van der Waals surface area contributed by atoms with Crippen LogP contribution in [-0.2, 0) is 4.74 Å². The normalized spacial score (nSPS) is 41.8. The smallest absolute Gasteiger partial charge is 0.0675 e. The van der Waals surface area contributed by atoms with Crippen LogP contribution in [0.3, 0.4) is 0 Å². The Morgan fingerprint density at radius 2 is 2.06 bits per heavy atom. The number of nitrogens with zero attached hydrogens (tertiary/aromatic N) is 1. The van der Waals surface area contributed by atoms with E-state index in [1.165, 1.54) is 17.9 Å². The molecule has 18 heavy (non-hydrogen) atoms. The standard InChI is InChI=1S/C14H28N2OS/c1-11-6-17-12(2)5-16(11)14(8-15)7-13(3,4)9-18-10-14/h11-12H,5-10,15H2,1-4H3. The molecule has 2 aliphatic heterocycles. The molecular formula is C14H28N2OS. The van der Waals surface area contributed by atoms with E-state index in [-0.39, 0.29) is 5.54 Å². The first-order chi connectivity index (χ1) is 8.38. The monoisotopic (exact) mass is 272 g/mol. The highest BCUT2D eigenvalue weighted by Crippen LogP contribution is 2.43. The summed E-state index contributed by atoms with van der Waals surface area (Å²) in [6.45, 7) is 11.8. The van der Waals surface area contributed by atoms with Gasteiger partial charge < -0.3 is 10.5 Å². The van der Waals surface area contributed by atoms with Crippen molar-refractivity contribution in [2.45, 2.75) is 51.8 Å². The largest absolute Gasteiger partial charge is 0.376 e. The molecule has 3 nitrogen and oxygen atoms in total. The Morgan fingerprint density at radius 1 is 1.33 bits per heavy atom. The second-order valence-corrected chi connectivity index (χ2v) is 7.89. The highest BCUT2D eigenvalue weighted by atomic mass is 32.2. The van der Waals surface area contributed by atoms with E-state index in [1.54, 1.807) is 0 Å². The molecular weight excluding hydrogens is 244 g/mol. The van der Waals surface area contributed by atoms with Crippen LogP contribution in [0.5, 0.6) is 0 Å². The van der Waals surface area contributed by atoms with Crippen LogP contribution in [0.4, 0.5) is 0 Å². The minimum atomic E-state index is 0.171. The fourth-order valence-electron chi connectivity index (χ4n) is 3.51. The molecule has 0 radical (unpaired) electrons. The molecule has 0 bridgehead atoms. The van der Waals surface area contributed by atoms with Crippen LogP contribution in [0.1, 0.15) is 34.1 Å². The molecule has 2 rings (SSSR count). The second-order valence-electron chi connectivity index (χ2n) is 6.91. The Labute approximate surface area is 116 Å². The maximum atomic E-state index is 6.20. The van der Waals surface area contributed by atoms with E-state index >= 15 is 0 Å². The van der Waals surface area contributed by atoms with Crippen LogP contribution in [0.25, 0.3) is 0 Å². The van der Waals surface area contributed by atoms with Gasteiger partial charge in [-0.2, -0.15) is 11.8 Å². The van der Waals surface area contributed by atoms with Crippen molar-refractivity contribution >= 4 is 11.8 Å². The highest BCUT2D eigenvalue weighted by molar-refractivity contribution is 7.99. The van der Waals surface area contributed by atoms with Gasteiger partial charge in [0.25, 0.3) is 0 Å². The first-order valence-corrected chi connectivity index (χ1v) is 8.20. The van der Waals surface area contributed by atoms with E-state index in [0.29, 0.717) is 17.6 Å². The van der Waals surface area contributed by atoms with Gasteiger partial charge in [0.05, 0.1) is 12.7 Å². The van der Waals surface area contributed by atoms with Crippen molar-refractivity contribution in [3.8, 4) is 0 Å². The van der Waals surface area contributed by atoms with Crippen molar-refractivity contribution < 1.29 is 4.74 Å². The Morgan fingerprint density at radius 3 is 2.67 bits per heavy atom. The van der Waals surface area contributed by atoms with E-state index in [0.717, 1.165) is 19.7 Å². The van der Waals surface area contributed by atoms with Gasteiger partial charge in [0.1, 0.15) is 0 Å². The average molecular weight is 272 g/mol. The first kappa shape index (κ1) is 14.6. The molecule has 2 saturated heterocycles. The Bertz CT molecular complexity index is 298. The van der Waals surface area contributed by atoms with E-state index in [2.05, 4.69) is 44.4 Å². The summed E-state index contributed by atoms with van der Waals surface area (Å²) < 4.78 is 5.76. The van der Waals surface area contributed by atoms with Crippen LogP contribution in [0.15, 0.2) is 0 Å². The molecule has 3 atom stereocenters. The van der Waals surface area contributed by atoms with E-state index in [9.17, 15) is 0 Å². The summed E-state index contributed by atoms with van der Waals surface area (Å²) in [6.07, 6.45) is 1.54.